The maximum Gasteiger partial charge on any atom is 0.306 e. The molecular weight excluding hydrogens is 218 g/mol. The third-order valence-corrected chi connectivity index (χ3v) is 3.22. The molecule has 1 N–H and O–H groups in total. The second-order valence-corrected chi connectivity index (χ2v) is 6.30. The number of carbonyl (C=O) groups is 2. The van der Waals surface area contributed by atoms with Crippen molar-refractivity contribution in [2.45, 2.75) is 40.0 Å². The van der Waals surface area contributed by atoms with Gasteiger partial charge in [0, 0.05) is 19.5 Å². The Morgan fingerprint density at radius 1 is 1.24 bits per heavy atom. The first-order chi connectivity index (χ1) is 7.70. The van der Waals surface area contributed by atoms with E-state index in [1.807, 2.05) is 7.05 Å². The van der Waals surface area contributed by atoms with Crippen LogP contribution in [-0.4, -0.2) is 35.5 Å². The molecule has 0 aromatic rings. The van der Waals surface area contributed by atoms with E-state index in [0.717, 1.165) is 0 Å². The lowest BCUT2D eigenvalue weighted by Gasteiger charge is -2.28. The number of hydrogen-bond acceptors (Lipinski definition) is 2. The summed E-state index contributed by atoms with van der Waals surface area (Å²) in [5, 5.41) is 8.91. The first-order valence-corrected chi connectivity index (χ1v) is 6.18. The number of carboxylic acids is 1. The number of carbonyl (C=O) groups excluding carboxylic acids is 1. The third-order valence-electron chi connectivity index (χ3n) is 3.22. The molecule has 2 atom stereocenters. The minimum absolute atomic E-state index is 0.0786. The summed E-state index contributed by atoms with van der Waals surface area (Å²) < 4.78 is 0. The summed E-state index contributed by atoms with van der Waals surface area (Å²) in [5.74, 6) is -1.09. The molecule has 1 rings (SSSR count). The Bertz CT molecular complexity index is 306. The monoisotopic (exact) mass is 241 g/mol. The summed E-state index contributed by atoms with van der Waals surface area (Å²) in [6.07, 6.45) is 1.85. The highest BCUT2D eigenvalue weighted by Gasteiger charge is 2.35. The summed E-state index contributed by atoms with van der Waals surface area (Å²) in [5.41, 5.74) is 0.0786. The van der Waals surface area contributed by atoms with Crippen molar-refractivity contribution >= 4 is 11.9 Å². The Balaban J connectivity index is 2.52. The molecule has 0 aromatic heterocycles. The van der Waals surface area contributed by atoms with Crippen LogP contribution in [0.4, 0.5) is 0 Å². The molecule has 1 aliphatic rings. The van der Waals surface area contributed by atoms with Crippen LogP contribution in [-0.2, 0) is 9.59 Å². The molecule has 4 nitrogen and oxygen atoms in total. The van der Waals surface area contributed by atoms with Gasteiger partial charge in [-0.15, -0.1) is 0 Å². The van der Waals surface area contributed by atoms with Gasteiger partial charge in [-0.05, 0) is 24.7 Å². The number of hydrogen-bond donors (Lipinski definition) is 1. The fraction of sp³-hybridized carbons (Fsp3) is 0.846. The molecule has 0 spiro atoms. The third kappa shape index (κ3) is 4.02. The molecule has 0 heterocycles. The highest BCUT2D eigenvalue weighted by molar-refractivity contribution is 5.80. The van der Waals surface area contributed by atoms with E-state index in [1.54, 1.807) is 4.90 Å². The minimum Gasteiger partial charge on any atom is -0.481 e. The van der Waals surface area contributed by atoms with E-state index in [9.17, 15) is 9.59 Å². The largest absolute Gasteiger partial charge is 0.481 e. The van der Waals surface area contributed by atoms with Crippen LogP contribution in [0.25, 0.3) is 0 Å². The maximum atomic E-state index is 12.1. The Hall–Kier alpha value is -1.06. The quantitative estimate of drug-likeness (QED) is 0.822. The smallest absolute Gasteiger partial charge is 0.306 e. The van der Waals surface area contributed by atoms with Gasteiger partial charge >= 0.3 is 5.97 Å². The van der Waals surface area contributed by atoms with Gasteiger partial charge < -0.3 is 10.0 Å². The van der Waals surface area contributed by atoms with Crippen LogP contribution in [0, 0.1) is 17.3 Å². The molecule has 0 aromatic carbocycles. The van der Waals surface area contributed by atoms with Crippen molar-refractivity contribution in [1.82, 2.24) is 4.90 Å². The second kappa shape index (κ2) is 5.07. The average Bonchev–Trinajstić information content (AvgIpc) is 2.62. The molecule has 0 unspecified atom stereocenters. The Morgan fingerprint density at radius 2 is 1.76 bits per heavy atom. The molecule has 4 heteroatoms. The molecule has 1 fully saturated rings. The van der Waals surface area contributed by atoms with E-state index >= 15 is 0 Å². The first-order valence-electron chi connectivity index (χ1n) is 6.18. The van der Waals surface area contributed by atoms with Crippen LogP contribution < -0.4 is 0 Å². The summed E-state index contributed by atoms with van der Waals surface area (Å²) >= 11 is 0. The summed E-state index contributed by atoms with van der Waals surface area (Å²) in [7, 11) is 1.81. The standard InChI is InChI=1S/C13H23NO3/c1-13(2,3)8-14(4)11(15)9-5-6-10(7-9)12(16)17/h9-10H,5-8H2,1-4H3,(H,16,17)/t9-,10+/m1/s1. The van der Waals surface area contributed by atoms with Crippen molar-refractivity contribution in [3.8, 4) is 0 Å². The molecule has 17 heavy (non-hydrogen) atoms. The summed E-state index contributed by atoms with van der Waals surface area (Å²) in [6.45, 7) is 6.97. The normalized spacial score (nSPS) is 24.7. The zero-order valence-electron chi connectivity index (χ0n) is 11.2. The van der Waals surface area contributed by atoms with Crippen molar-refractivity contribution in [1.29, 1.82) is 0 Å². The highest BCUT2D eigenvalue weighted by atomic mass is 16.4. The topological polar surface area (TPSA) is 57.6 Å². The van der Waals surface area contributed by atoms with Gasteiger partial charge in [0.25, 0.3) is 0 Å². The molecule has 0 bridgehead atoms. The van der Waals surface area contributed by atoms with Crippen molar-refractivity contribution in [2.24, 2.45) is 17.3 Å². The van der Waals surface area contributed by atoms with Gasteiger partial charge in [-0.1, -0.05) is 20.8 Å². The van der Waals surface area contributed by atoms with E-state index in [4.69, 9.17) is 5.11 Å². The fourth-order valence-corrected chi connectivity index (χ4v) is 2.53. The highest BCUT2D eigenvalue weighted by Crippen LogP contribution is 2.32. The van der Waals surface area contributed by atoms with Gasteiger partial charge in [-0.2, -0.15) is 0 Å². The number of nitrogens with zero attached hydrogens (tertiary/aromatic N) is 1. The number of aliphatic carboxylic acids is 1. The van der Waals surface area contributed by atoms with Crippen LogP contribution >= 0.6 is 0 Å². The van der Waals surface area contributed by atoms with Crippen molar-refractivity contribution in [3.63, 3.8) is 0 Å². The fourth-order valence-electron chi connectivity index (χ4n) is 2.53. The Morgan fingerprint density at radius 3 is 2.18 bits per heavy atom. The van der Waals surface area contributed by atoms with E-state index in [0.29, 0.717) is 25.8 Å². The lowest BCUT2D eigenvalue weighted by molar-refractivity contribution is -0.141. The van der Waals surface area contributed by atoms with Crippen LogP contribution in [0.5, 0.6) is 0 Å². The number of rotatable bonds is 3. The summed E-state index contributed by atoms with van der Waals surface area (Å²) in [4.78, 5) is 24.7. The Kier molecular flexibility index (Phi) is 4.17. The van der Waals surface area contributed by atoms with Crippen molar-refractivity contribution < 1.29 is 14.7 Å². The molecular formula is C13H23NO3. The molecule has 0 radical (unpaired) electrons. The molecule has 98 valence electrons. The van der Waals surface area contributed by atoms with Crippen LogP contribution in [0.15, 0.2) is 0 Å². The zero-order valence-corrected chi connectivity index (χ0v) is 11.2. The second-order valence-electron chi connectivity index (χ2n) is 6.30. The number of amides is 1. The SMILES string of the molecule is CN(CC(C)(C)C)C(=O)[C@@H]1CC[C@H](C(=O)O)C1. The van der Waals surface area contributed by atoms with Gasteiger partial charge in [-0.25, -0.2) is 0 Å². The molecule has 1 aliphatic carbocycles. The van der Waals surface area contributed by atoms with E-state index in [2.05, 4.69) is 20.8 Å². The van der Waals surface area contributed by atoms with Gasteiger partial charge in [0.2, 0.25) is 5.91 Å². The molecule has 0 aliphatic heterocycles. The first kappa shape index (κ1) is 14.0. The molecule has 0 saturated heterocycles. The van der Waals surface area contributed by atoms with Gasteiger partial charge in [0.15, 0.2) is 0 Å². The van der Waals surface area contributed by atoms with Gasteiger partial charge in [0.1, 0.15) is 0 Å². The maximum absolute atomic E-state index is 12.1. The predicted octanol–water partition coefficient (Wildman–Crippen LogP) is 1.99. The van der Waals surface area contributed by atoms with Gasteiger partial charge in [0.05, 0.1) is 5.92 Å². The van der Waals surface area contributed by atoms with Crippen LogP contribution in [0.3, 0.4) is 0 Å². The summed E-state index contributed by atoms with van der Waals surface area (Å²) in [6, 6.07) is 0. The lowest BCUT2D eigenvalue weighted by atomic mass is 9.95. The van der Waals surface area contributed by atoms with E-state index in [-0.39, 0.29) is 23.2 Å². The Labute approximate surface area is 103 Å². The molecule has 1 amide bonds. The van der Waals surface area contributed by atoms with Gasteiger partial charge in [-0.3, -0.25) is 9.59 Å². The zero-order chi connectivity index (χ0) is 13.2. The minimum atomic E-state index is -0.765. The number of carboxylic acid groups (broad SMARTS) is 1. The van der Waals surface area contributed by atoms with Crippen LogP contribution in [0.2, 0.25) is 0 Å². The van der Waals surface area contributed by atoms with E-state index in [1.165, 1.54) is 0 Å². The van der Waals surface area contributed by atoms with Crippen molar-refractivity contribution in [3.05, 3.63) is 0 Å². The predicted molar refractivity (Wildman–Crippen MR) is 65.6 cm³/mol. The lowest BCUT2D eigenvalue weighted by Crippen LogP contribution is -2.37. The van der Waals surface area contributed by atoms with E-state index < -0.39 is 5.97 Å². The van der Waals surface area contributed by atoms with Crippen molar-refractivity contribution in [2.75, 3.05) is 13.6 Å². The molecule has 1 saturated carbocycles. The van der Waals surface area contributed by atoms with Crippen LogP contribution in [0.1, 0.15) is 40.0 Å². The average molecular weight is 241 g/mol.